The first kappa shape index (κ1) is 15.9. The maximum absolute atomic E-state index is 12.5. The molecule has 0 saturated heterocycles. The number of anilines is 1. The molecule has 0 radical (unpaired) electrons. The summed E-state index contributed by atoms with van der Waals surface area (Å²) in [5.41, 5.74) is 0.995. The number of sulfone groups is 1. The number of rotatable bonds is 4. The Kier molecular flexibility index (Phi) is 4.39. The molecular weight excluding hydrogens is 324 g/mol. The topological polar surface area (TPSA) is 76.1 Å². The number of nitrogens with one attached hydrogen (secondary N) is 1. The third-order valence-corrected chi connectivity index (χ3v) is 5.20. The molecule has 0 aliphatic rings. The Morgan fingerprint density at radius 2 is 1.38 bits per heavy atom. The summed E-state index contributed by atoms with van der Waals surface area (Å²) in [4.78, 5) is 16.4. The number of carbonyl (C=O) groups is 1. The molecule has 0 atom stereocenters. The molecule has 1 heterocycles. The lowest BCUT2D eigenvalue weighted by molar-refractivity contribution is 0.102. The Morgan fingerprint density at radius 3 is 2.00 bits per heavy atom. The second kappa shape index (κ2) is 6.64. The summed E-state index contributed by atoms with van der Waals surface area (Å²) in [5.74, 6) is -0.315. The van der Waals surface area contributed by atoms with Gasteiger partial charge in [0.25, 0.3) is 5.91 Å². The van der Waals surface area contributed by atoms with E-state index >= 15 is 0 Å². The molecule has 0 fully saturated rings. The summed E-state index contributed by atoms with van der Waals surface area (Å²) in [6.07, 6.45) is 3.15. The molecule has 3 aromatic rings. The lowest BCUT2D eigenvalue weighted by atomic mass is 10.2. The molecule has 120 valence electrons. The van der Waals surface area contributed by atoms with Crippen LogP contribution >= 0.6 is 0 Å². The van der Waals surface area contributed by atoms with Crippen LogP contribution in [-0.4, -0.2) is 19.3 Å². The largest absolute Gasteiger partial charge is 0.322 e. The Morgan fingerprint density at radius 1 is 0.792 bits per heavy atom. The summed E-state index contributed by atoms with van der Waals surface area (Å²) in [6, 6.07) is 17.4. The highest BCUT2D eigenvalue weighted by atomic mass is 32.2. The number of pyridine rings is 1. The average molecular weight is 338 g/mol. The molecule has 0 unspecified atom stereocenters. The Labute approximate surface area is 139 Å². The molecule has 0 bridgehead atoms. The number of hydrogen-bond donors (Lipinski definition) is 1. The van der Waals surface area contributed by atoms with Crippen molar-refractivity contribution >= 4 is 21.4 Å². The molecule has 1 aromatic heterocycles. The van der Waals surface area contributed by atoms with Crippen molar-refractivity contribution in [2.45, 2.75) is 9.79 Å². The Hall–Kier alpha value is -2.99. The van der Waals surface area contributed by atoms with Gasteiger partial charge in [0.1, 0.15) is 0 Å². The molecule has 0 aliphatic heterocycles. The van der Waals surface area contributed by atoms with Crippen LogP contribution < -0.4 is 5.32 Å². The number of hydrogen-bond acceptors (Lipinski definition) is 4. The first-order chi connectivity index (χ1) is 11.6. The van der Waals surface area contributed by atoms with E-state index in [0.29, 0.717) is 11.3 Å². The molecule has 6 heteroatoms. The van der Waals surface area contributed by atoms with E-state index in [0.717, 1.165) is 0 Å². The predicted molar refractivity (Wildman–Crippen MR) is 90.5 cm³/mol. The first-order valence-corrected chi connectivity index (χ1v) is 8.67. The average Bonchev–Trinajstić information content (AvgIpc) is 2.63. The number of aromatic nitrogens is 1. The Bertz CT molecular complexity index is 939. The lowest BCUT2D eigenvalue weighted by Crippen LogP contribution is -2.12. The summed E-state index contributed by atoms with van der Waals surface area (Å²) < 4.78 is 25.0. The Balaban J connectivity index is 1.82. The van der Waals surface area contributed by atoms with Gasteiger partial charge in [0.05, 0.1) is 9.79 Å². The highest BCUT2D eigenvalue weighted by Gasteiger charge is 2.17. The maximum atomic E-state index is 12.5. The minimum Gasteiger partial charge on any atom is -0.322 e. The van der Waals surface area contributed by atoms with E-state index in [9.17, 15) is 13.2 Å². The second-order valence-corrected chi connectivity index (χ2v) is 6.98. The van der Waals surface area contributed by atoms with Crippen LogP contribution in [0, 0.1) is 0 Å². The van der Waals surface area contributed by atoms with Crippen LogP contribution in [0.2, 0.25) is 0 Å². The molecule has 24 heavy (non-hydrogen) atoms. The van der Waals surface area contributed by atoms with Crippen molar-refractivity contribution in [2.24, 2.45) is 0 Å². The number of amides is 1. The lowest BCUT2D eigenvalue weighted by Gasteiger charge is -2.07. The van der Waals surface area contributed by atoms with E-state index in [1.54, 1.807) is 54.9 Å². The van der Waals surface area contributed by atoms with Crippen LogP contribution in [0.1, 0.15) is 10.4 Å². The molecule has 5 nitrogen and oxygen atoms in total. The van der Waals surface area contributed by atoms with Gasteiger partial charge in [-0.1, -0.05) is 18.2 Å². The first-order valence-electron chi connectivity index (χ1n) is 7.19. The van der Waals surface area contributed by atoms with E-state index < -0.39 is 9.84 Å². The van der Waals surface area contributed by atoms with Crippen molar-refractivity contribution in [2.75, 3.05) is 5.32 Å². The maximum Gasteiger partial charge on any atom is 0.255 e. The van der Waals surface area contributed by atoms with Gasteiger partial charge < -0.3 is 5.32 Å². The zero-order chi connectivity index (χ0) is 17.0. The zero-order valence-electron chi connectivity index (χ0n) is 12.6. The van der Waals surface area contributed by atoms with Gasteiger partial charge in [-0.15, -0.1) is 0 Å². The van der Waals surface area contributed by atoms with E-state index in [4.69, 9.17) is 0 Å². The van der Waals surface area contributed by atoms with Gasteiger partial charge in [-0.3, -0.25) is 9.78 Å². The van der Waals surface area contributed by atoms with Gasteiger partial charge in [0.2, 0.25) is 9.84 Å². The van der Waals surface area contributed by atoms with Crippen LogP contribution in [0.4, 0.5) is 5.69 Å². The van der Waals surface area contributed by atoms with Crippen molar-refractivity contribution in [1.29, 1.82) is 0 Å². The van der Waals surface area contributed by atoms with E-state index in [-0.39, 0.29) is 15.7 Å². The van der Waals surface area contributed by atoms with Crippen LogP contribution in [0.15, 0.2) is 88.9 Å². The fourth-order valence-electron chi connectivity index (χ4n) is 2.16. The van der Waals surface area contributed by atoms with Crippen LogP contribution in [-0.2, 0) is 9.84 Å². The van der Waals surface area contributed by atoms with Crippen molar-refractivity contribution < 1.29 is 13.2 Å². The summed E-state index contributed by atoms with van der Waals surface area (Å²) in [5, 5.41) is 2.72. The number of benzene rings is 2. The molecular formula is C18H14N2O3S. The molecule has 0 saturated carbocycles. The predicted octanol–water partition coefficient (Wildman–Crippen LogP) is 3.17. The molecule has 3 rings (SSSR count). The minimum atomic E-state index is -3.58. The van der Waals surface area contributed by atoms with Gasteiger partial charge in [0.15, 0.2) is 0 Å². The fraction of sp³-hybridized carbons (Fsp3) is 0. The quantitative estimate of drug-likeness (QED) is 0.793. The highest BCUT2D eigenvalue weighted by Crippen LogP contribution is 2.21. The highest BCUT2D eigenvalue weighted by molar-refractivity contribution is 7.91. The van der Waals surface area contributed by atoms with Gasteiger partial charge in [-0.05, 0) is 48.5 Å². The molecule has 1 N–H and O–H groups in total. The zero-order valence-corrected chi connectivity index (χ0v) is 13.4. The molecule has 1 amide bonds. The number of nitrogens with zero attached hydrogens (tertiary/aromatic N) is 1. The smallest absolute Gasteiger partial charge is 0.255 e. The van der Waals surface area contributed by atoms with Gasteiger partial charge in [0, 0.05) is 23.6 Å². The van der Waals surface area contributed by atoms with Crippen molar-refractivity contribution in [1.82, 2.24) is 4.98 Å². The van der Waals surface area contributed by atoms with E-state index in [2.05, 4.69) is 10.3 Å². The number of carbonyl (C=O) groups excluding carboxylic acids is 1. The van der Waals surface area contributed by atoms with Crippen molar-refractivity contribution in [3.63, 3.8) is 0 Å². The molecule has 0 aliphatic carbocycles. The molecule has 0 spiro atoms. The van der Waals surface area contributed by atoms with Gasteiger partial charge in [-0.25, -0.2) is 8.42 Å². The summed E-state index contributed by atoms with van der Waals surface area (Å²) in [6.45, 7) is 0. The normalized spacial score (nSPS) is 11.0. The summed E-state index contributed by atoms with van der Waals surface area (Å²) in [7, 11) is -3.58. The monoisotopic (exact) mass is 338 g/mol. The van der Waals surface area contributed by atoms with Crippen LogP contribution in [0.3, 0.4) is 0 Å². The molecule has 2 aromatic carbocycles. The van der Waals surface area contributed by atoms with Gasteiger partial charge in [-0.2, -0.15) is 0 Å². The summed E-state index contributed by atoms with van der Waals surface area (Å²) >= 11 is 0. The second-order valence-electron chi connectivity index (χ2n) is 5.03. The van der Waals surface area contributed by atoms with E-state index in [1.165, 1.54) is 24.3 Å². The van der Waals surface area contributed by atoms with Gasteiger partial charge >= 0.3 is 0 Å². The van der Waals surface area contributed by atoms with Crippen LogP contribution in [0.25, 0.3) is 0 Å². The fourth-order valence-corrected chi connectivity index (χ4v) is 3.44. The SMILES string of the molecule is O=C(Nc1ccncc1)c1ccc(S(=O)(=O)c2ccccc2)cc1. The van der Waals surface area contributed by atoms with Crippen molar-refractivity contribution in [3.8, 4) is 0 Å². The standard InChI is InChI=1S/C18H14N2O3S/c21-18(20-15-10-12-19-13-11-15)14-6-8-17(9-7-14)24(22,23)16-4-2-1-3-5-16/h1-13H,(H,19,20,21). The minimum absolute atomic E-state index is 0.147. The van der Waals surface area contributed by atoms with E-state index in [1.807, 2.05) is 0 Å². The van der Waals surface area contributed by atoms with Crippen LogP contribution in [0.5, 0.6) is 0 Å². The van der Waals surface area contributed by atoms with Crippen molar-refractivity contribution in [3.05, 3.63) is 84.7 Å². The third-order valence-electron chi connectivity index (χ3n) is 3.42. The third kappa shape index (κ3) is 3.33.